The molecular formula is C13H15BrN2O2S. The lowest BCUT2D eigenvalue weighted by atomic mass is 10.2. The molecule has 2 amide bonds. The van der Waals surface area contributed by atoms with E-state index < -0.39 is 6.04 Å². The topological polar surface area (TPSA) is 58.2 Å². The second-order valence-electron chi connectivity index (χ2n) is 4.40. The van der Waals surface area contributed by atoms with E-state index in [4.69, 9.17) is 0 Å². The van der Waals surface area contributed by atoms with Crippen LogP contribution in [0.1, 0.15) is 12.0 Å². The molecule has 1 aromatic rings. The quantitative estimate of drug-likeness (QED) is 0.867. The molecule has 1 heterocycles. The van der Waals surface area contributed by atoms with E-state index in [0.29, 0.717) is 12.2 Å². The summed E-state index contributed by atoms with van der Waals surface area (Å²) in [5, 5.41) is 5.58. The molecule has 2 N–H and O–H groups in total. The zero-order chi connectivity index (χ0) is 13.8. The van der Waals surface area contributed by atoms with Crippen LogP contribution in [0.5, 0.6) is 0 Å². The minimum absolute atomic E-state index is 0.0582. The summed E-state index contributed by atoms with van der Waals surface area (Å²) < 4.78 is 1.00. The van der Waals surface area contributed by atoms with Crippen molar-refractivity contribution in [3.05, 3.63) is 28.2 Å². The van der Waals surface area contributed by atoms with Gasteiger partial charge in [0.2, 0.25) is 11.8 Å². The van der Waals surface area contributed by atoms with Crippen molar-refractivity contribution in [1.29, 1.82) is 0 Å². The molecule has 1 fully saturated rings. The molecule has 19 heavy (non-hydrogen) atoms. The number of carbonyl (C=O) groups is 2. The third kappa shape index (κ3) is 3.98. The van der Waals surface area contributed by atoms with E-state index in [9.17, 15) is 9.59 Å². The third-order valence-corrected chi connectivity index (χ3v) is 4.79. The van der Waals surface area contributed by atoms with Crippen LogP contribution in [0, 0.1) is 6.92 Å². The van der Waals surface area contributed by atoms with Crippen molar-refractivity contribution in [2.24, 2.45) is 0 Å². The van der Waals surface area contributed by atoms with E-state index >= 15 is 0 Å². The highest BCUT2D eigenvalue weighted by Crippen LogP contribution is 2.20. The van der Waals surface area contributed by atoms with E-state index in [1.807, 2.05) is 25.1 Å². The lowest BCUT2D eigenvalue weighted by molar-refractivity contribution is -0.125. The Morgan fingerprint density at radius 2 is 2.32 bits per heavy atom. The summed E-state index contributed by atoms with van der Waals surface area (Å²) in [6, 6.07) is 5.17. The summed E-state index contributed by atoms with van der Waals surface area (Å²) in [4.78, 5) is 23.5. The minimum Gasteiger partial charge on any atom is -0.343 e. The summed E-state index contributed by atoms with van der Waals surface area (Å²) in [6.45, 7) is 1.96. The number of halogens is 1. The van der Waals surface area contributed by atoms with E-state index in [1.165, 1.54) is 0 Å². The Morgan fingerprint density at radius 1 is 1.53 bits per heavy atom. The number of hydrogen-bond donors (Lipinski definition) is 2. The number of benzene rings is 1. The van der Waals surface area contributed by atoms with Gasteiger partial charge < -0.3 is 10.6 Å². The molecule has 1 aliphatic heterocycles. The molecule has 4 nitrogen and oxygen atoms in total. The van der Waals surface area contributed by atoms with Gasteiger partial charge in [0.15, 0.2) is 0 Å². The highest BCUT2D eigenvalue weighted by Gasteiger charge is 2.23. The largest absolute Gasteiger partial charge is 0.343 e. The van der Waals surface area contributed by atoms with Crippen molar-refractivity contribution in [1.82, 2.24) is 5.32 Å². The normalized spacial score (nSPS) is 19.5. The Hall–Kier alpha value is -1.01. The maximum atomic E-state index is 12.1. The Morgan fingerprint density at radius 3 is 3.05 bits per heavy atom. The van der Waals surface area contributed by atoms with Gasteiger partial charge in [-0.3, -0.25) is 9.59 Å². The van der Waals surface area contributed by atoms with Crippen LogP contribution in [0.4, 0.5) is 5.69 Å². The molecular weight excluding hydrogens is 328 g/mol. The van der Waals surface area contributed by atoms with Gasteiger partial charge >= 0.3 is 0 Å². The number of thioether (sulfide) groups is 1. The molecule has 2 rings (SSSR count). The lowest BCUT2D eigenvalue weighted by Crippen LogP contribution is -2.44. The standard InChI is InChI=1S/C13H15BrN2O2S/c1-8-6-9(2-3-10(8)14)15-13(18)11-7-19-5-4-12(17)16-11/h2-3,6,11H,4-5,7H2,1H3,(H,15,18)(H,16,17). The van der Waals surface area contributed by atoms with Gasteiger partial charge in [-0.1, -0.05) is 15.9 Å². The number of amides is 2. The molecule has 0 radical (unpaired) electrons. The maximum Gasteiger partial charge on any atom is 0.247 e. The number of nitrogens with one attached hydrogen (secondary N) is 2. The van der Waals surface area contributed by atoms with Gasteiger partial charge in [-0.2, -0.15) is 11.8 Å². The van der Waals surface area contributed by atoms with Gasteiger partial charge in [-0.25, -0.2) is 0 Å². The molecule has 0 saturated carbocycles. The molecule has 102 valence electrons. The van der Waals surface area contributed by atoms with E-state index in [-0.39, 0.29) is 11.8 Å². The molecule has 6 heteroatoms. The first-order valence-corrected chi connectivity index (χ1v) is 7.95. The van der Waals surface area contributed by atoms with Crippen LogP contribution in [-0.2, 0) is 9.59 Å². The van der Waals surface area contributed by atoms with Crippen molar-refractivity contribution in [3.63, 3.8) is 0 Å². The summed E-state index contributed by atoms with van der Waals surface area (Å²) in [7, 11) is 0. The first kappa shape index (κ1) is 14.4. The maximum absolute atomic E-state index is 12.1. The zero-order valence-corrected chi connectivity index (χ0v) is 12.9. The average molecular weight is 343 g/mol. The fourth-order valence-corrected chi connectivity index (χ4v) is 2.98. The van der Waals surface area contributed by atoms with Crippen LogP contribution in [0.3, 0.4) is 0 Å². The van der Waals surface area contributed by atoms with Gasteiger partial charge in [-0.05, 0) is 30.7 Å². The second-order valence-corrected chi connectivity index (χ2v) is 6.40. The van der Waals surface area contributed by atoms with Crippen LogP contribution in [0.25, 0.3) is 0 Å². The fourth-order valence-electron chi connectivity index (χ4n) is 1.77. The average Bonchev–Trinajstić information content (AvgIpc) is 2.58. The molecule has 0 aliphatic carbocycles. The smallest absolute Gasteiger partial charge is 0.247 e. The van der Waals surface area contributed by atoms with E-state index in [1.54, 1.807) is 11.8 Å². The van der Waals surface area contributed by atoms with Crippen molar-refractivity contribution < 1.29 is 9.59 Å². The van der Waals surface area contributed by atoms with Gasteiger partial charge in [0.25, 0.3) is 0 Å². The molecule has 1 unspecified atom stereocenters. The summed E-state index contributed by atoms with van der Waals surface area (Å²) in [5.74, 6) is 1.17. The summed E-state index contributed by atoms with van der Waals surface area (Å²) in [6.07, 6.45) is 0.478. The van der Waals surface area contributed by atoms with Crippen molar-refractivity contribution >= 4 is 45.2 Å². The predicted octanol–water partition coefficient (Wildman–Crippen LogP) is 2.32. The Kier molecular flexibility index (Phi) is 4.87. The highest BCUT2D eigenvalue weighted by molar-refractivity contribution is 9.10. The molecule has 0 aromatic heterocycles. The van der Waals surface area contributed by atoms with Gasteiger partial charge in [0.05, 0.1) is 0 Å². The summed E-state index contributed by atoms with van der Waals surface area (Å²) >= 11 is 5.04. The number of rotatable bonds is 2. The van der Waals surface area contributed by atoms with Crippen LogP contribution >= 0.6 is 27.7 Å². The number of anilines is 1. The molecule has 1 aromatic carbocycles. The first-order chi connectivity index (χ1) is 9.06. The van der Waals surface area contributed by atoms with Gasteiger partial charge in [0, 0.05) is 28.1 Å². The van der Waals surface area contributed by atoms with Crippen molar-refractivity contribution in [2.45, 2.75) is 19.4 Å². The predicted molar refractivity (Wildman–Crippen MR) is 81.4 cm³/mol. The number of carbonyl (C=O) groups excluding carboxylic acids is 2. The number of hydrogen-bond acceptors (Lipinski definition) is 3. The Labute approximate surface area is 124 Å². The fraction of sp³-hybridized carbons (Fsp3) is 0.385. The second kappa shape index (κ2) is 6.43. The monoisotopic (exact) mass is 342 g/mol. The van der Waals surface area contributed by atoms with Crippen molar-refractivity contribution in [2.75, 3.05) is 16.8 Å². The number of aryl methyl sites for hydroxylation is 1. The van der Waals surface area contributed by atoms with Gasteiger partial charge in [0.1, 0.15) is 6.04 Å². The summed E-state index contributed by atoms with van der Waals surface area (Å²) in [5.41, 5.74) is 1.80. The Balaban J connectivity index is 2.03. The molecule has 0 bridgehead atoms. The minimum atomic E-state index is -0.455. The molecule has 1 saturated heterocycles. The first-order valence-electron chi connectivity index (χ1n) is 6.00. The molecule has 1 aliphatic rings. The SMILES string of the molecule is Cc1cc(NC(=O)C2CSCCC(=O)N2)ccc1Br. The van der Waals surface area contributed by atoms with E-state index in [2.05, 4.69) is 26.6 Å². The third-order valence-electron chi connectivity index (χ3n) is 2.84. The van der Waals surface area contributed by atoms with Crippen LogP contribution in [-0.4, -0.2) is 29.4 Å². The highest BCUT2D eigenvalue weighted by atomic mass is 79.9. The molecule has 0 spiro atoms. The van der Waals surface area contributed by atoms with Crippen LogP contribution < -0.4 is 10.6 Å². The van der Waals surface area contributed by atoms with Crippen LogP contribution in [0.15, 0.2) is 22.7 Å². The Bertz CT molecular complexity index is 507. The van der Waals surface area contributed by atoms with Gasteiger partial charge in [-0.15, -0.1) is 0 Å². The van der Waals surface area contributed by atoms with Crippen LogP contribution in [0.2, 0.25) is 0 Å². The van der Waals surface area contributed by atoms with E-state index in [0.717, 1.165) is 21.5 Å². The van der Waals surface area contributed by atoms with Crippen molar-refractivity contribution in [3.8, 4) is 0 Å². The lowest BCUT2D eigenvalue weighted by Gasteiger charge is -2.15. The zero-order valence-electron chi connectivity index (χ0n) is 10.5. The molecule has 1 atom stereocenters.